The van der Waals surface area contributed by atoms with Crippen LogP contribution in [0.25, 0.3) is 0 Å². The van der Waals surface area contributed by atoms with Crippen molar-refractivity contribution in [3.8, 4) is 0 Å². The first-order chi connectivity index (χ1) is 17.8. The predicted octanol–water partition coefficient (Wildman–Crippen LogP) is 3.03. The lowest BCUT2D eigenvalue weighted by molar-refractivity contribution is -0.143. The van der Waals surface area contributed by atoms with Gasteiger partial charge in [0.05, 0.1) is 29.2 Å². The first kappa shape index (κ1) is 26.3. The van der Waals surface area contributed by atoms with Crippen LogP contribution in [0.15, 0.2) is 60.7 Å². The van der Waals surface area contributed by atoms with Gasteiger partial charge in [-0.15, -0.1) is 11.8 Å². The third kappa shape index (κ3) is 4.49. The van der Waals surface area contributed by atoms with E-state index < -0.39 is 28.7 Å². The first-order valence-electron chi connectivity index (χ1n) is 12.7. The average molecular weight is 587 g/mol. The molecule has 3 unspecified atom stereocenters. The number of fused-ring (bicyclic) bond motifs is 1. The maximum absolute atomic E-state index is 14.3. The highest BCUT2D eigenvalue weighted by molar-refractivity contribution is 9.09. The van der Waals surface area contributed by atoms with Crippen LogP contribution in [-0.2, 0) is 20.9 Å². The van der Waals surface area contributed by atoms with Crippen LogP contribution in [0, 0.1) is 11.8 Å². The molecule has 7 nitrogen and oxygen atoms in total. The number of nitrogens with zero attached hydrogens (tertiary/aromatic N) is 1. The molecule has 0 aromatic heterocycles. The Bertz CT molecular complexity index is 1170. The van der Waals surface area contributed by atoms with Crippen LogP contribution in [0.3, 0.4) is 0 Å². The summed E-state index contributed by atoms with van der Waals surface area (Å²) in [6, 6.07) is 17.4. The van der Waals surface area contributed by atoms with Crippen molar-refractivity contribution in [2.75, 3.05) is 6.61 Å². The van der Waals surface area contributed by atoms with E-state index in [0.29, 0.717) is 13.0 Å². The predicted molar refractivity (Wildman–Crippen MR) is 147 cm³/mol. The highest BCUT2D eigenvalue weighted by atomic mass is 79.9. The van der Waals surface area contributed by atoms with Gasteiger partial charge in [-0.3, -0.25) is 14.4 Å². The summed E-state index contributed by atoms with van der Waals surface area (Å²) in [4.78, 5) is 43.2. The molecule has 1 spiro atoms. The number of amides is 3. The number of likely N-dealkylation sites (tertiary alicyclic amines) is 1. The zero-order valence-corrected chi connectivity index (χ0v) is 23.2. The number of aliphatic hydroxyl groups is 1. The van der Waals surface area contributed by atoms with Gasteiger partial charge in [0.1, 0.15) is 6.04 Å². The zero-order chi connectivity index (χ0) is 26.3. The Kier molecular flexibility index (Phi) is 7.40. The van der Waals surface area contributed by atoms with Gasteiger partial charge in [-0.05, 0) is 31.4 Å². The van der Waals surface area contributed by atoms with Crippen LogP contribution in [0.1, 0.15) is 37.4 Å². The van der Waals surface area contributed by atoms with E-state index >= 15 is 0 Å². The number of hydrogen-bond acceptors (Lipinski definition) is 5. The average Bonchev–Trinajstić information content (AvgIpc) is 3.47. The quantitative estimate of drug-likeness (QED) is 0.414. The molecule has 3 saturated heterocycles. The fourth-order valence-corrected chi connectivity index (χ4v) is 9.90. The van der Waals surface area contributed by atoms with Crippen LogP contribution in [-0.4, -0.2) is 61.2 Å². The van der Waals surface area contributed by atoms with E-state index in [1.165, 1.54) is 0 Å². The molecule has 3 aliphatic rings. The molecule has 7 atom stereocenters. The zero-order valence-electron chi connectivity index (χ0n) is 20.8. The van der Waals surface area contributed by atoms with E-state index in [1.54, 1.807) is 16.7 Å². The van der Waals surface area contributed by atoms with E-state index in [9.17, 15) is 19.5 Å². The number of carbonyl (C=O) groups is 3. The summed E-state index contributed by atoms with van der Waals surface area (Å²) in [5.41, 5.74) is 1.74. The van der Waals surface area contributed by atoms with E-state index in [4.69, 9.17) is 0 Å². The molecule has 2 aromatic carbocycles. The molecule has 3 fully saturated rings. The Balaban J connectivity index is 1.52. The van der Waals surface area contributed by atoms with Gasteiger partial charge in [-0.1, -0.05) is 76.6 Å². The number of benzene rings is 2. The van der Waals surface area contributed by atoms with Crippen molar-refractivity contribution < 1.29 is 19.5 Å². The molecule has 196 valence electrons. The van der Waals surface area contributed by atoms with Crippen molar-refractivity contribution in [2.45, 2.75) is 59.8 Å². The second kappa shape index (κ2) is 10.4. The number of halogens is 1. The summed E-state index contributed by atoms with van der Waals surface area (Å²) in [6.45, 7) is 3.84. The van der Waals surface area contributed by atoms with E-state index in [1.807, 2.05) is 74.5 Å². The lowest BCUT2D eigenvalue weighted by Gasteiger charge is -2.37. The number of thioether (sulfide) groups is 1. The van der Waals surface area contributed by atoms with Gasteiger partial charge in [-0.2, -0.15) is 0 Å². The standard InChI is InChI=1S/C28H32BrN3O4S/c1-16(2)31-26(35)24-28-13-19(29)23(37-28)21(25(34)30-14-17-9-5-3-6-10-17)22(28)27(36)32(24)20(15-33)18-11-7-4-8-12-18/h3-12,16,19-24,33H,13-15H2,1-2H3,(H,30,34)(H,31,35)/t19?,20-,21-,22+,23-,24?,28?/m1/s1. The molecule has 0 saturated carbocycles. The van der Waals surface area contributed by atoms with Gasteiger partial charge in [0.25, 0.3) is 0 Å². The van der Waals surface area contributed by atoms with E-state index in [-0.39, 0.29) is 40.4 Å². The molecular weight excluding hydrogens is 554 g/mol. The second-order valence-electron chi connectivity index (χ2n) is 10.4. The molecular formula is C28H32BrN3O4S. The number of aliphatic hydroxyl groups excluding tert-OH is 1. The maximum Gasteiger partial charge on any atom is 0.244 e. The number of rotatable bonds is 8. The monoisotopic (exact) mass is 585 g/mol. The largest absolute Gasteiger partial charge is 0.394 e. The normalized spacial score (nSPS) is 30.9. The summed E-state index contributed by atoms with van der Waals surface area (Å²) in [7, 11) is 0. The number of nitrogens with one attached hydrogen (secondary N) is 2. The molecule has 2 aromatic rings. The van der Waals surface area contributed by atoms with E-state index in [2.05, 4.69) is 26.6 Å². The number of alkyl halides is 1. The summed E-state index contributed by atoms with van der Waals surface area (Å²) >= 11 is 5.38. The summed E-state index contributed by atoms with van der Waals surface area (Å²) in [5, 5.41) is 16.4. The highest BCUT2D eigenvalue weighted by Gasteiger charge is 2.76. The second-order valence-corrected chi connectivity index (χ2v) is 13.1. The number of carbonyl (C=O) groups excluding carboxylic acids is 3. The van der Waals surface area contributed by atoms with Crippen molar-refractivity contribution in [3.63, 3.8) is 0 Å². The number of hydrogen-bond donors (Lipinski definition) is 3. The first-order valence-corrected chi connectivity index (χ1v) is 14.5. The van der Waals surface area contributed by atoms with E-state index in [0.717, 1.165) is 11.1 Å². The molecule has 3 heterocycles. The van der Waals surface area contributed by atoms with Gasteiger partial charge in [-0.25, -0.2) is 0 Å². The minimum absolute atomic E-state index is 0.00683. The van der Waals surface area contributed by atoms with Crippen LogP contribution in [0.5, 0.6) is 0 Å². The van der Waals surface area contributed by atoms with Crippen molar-refractivity contribution in [1.29, 1.82) is 0 Å². The molecule has 3 aliphatic heterocycles. The molecule has 3 amide bonds. The third-order valence-electron chi connectivity index (χ3n) is 7.71. The molecule has 3 N–H and O–H groups in total. The summed E-state index contributed by atoms with van der Waals surface area (Å²) in [6.07, 6.45) is 0.598. The van der Waals surface area contributed by atoms with Gasteiger partial charge in [0.15, 0.2) is 0 Å². The Hall–Kier alpha value is -2.36. The van der Waals surface area contributed by atoms with Gasteiger partial charge >= 0.3 is 0 Å². The van der Waals surface area contributed by atoms with Gasteiger partial charge in [0, 0.05) is 22.7 Å². The Morgan fingerprint density at radius 2 is 1.76 bits per heavy atom. The van der Waals surface area contributed by atoms with Crippen molar-refractivity contribution >= 4 is 45.4 Å². The van der Waals surface area contributed by atoms with Crippen molar-refractivity contribution in [3.05, 3.63) is 71.8 Å². The third-order valence-corrected chi connectivity index (χ3v) is 10.9. The van der Waals surface area contributed by atoms with Crippen LogP contribution in [0.4, 0.5) is 0 Å². The van der Waals surface area contributed by atoms with Gasteiger partial charge < -0.3 is 20.6 Å². The summed E-state index contributed by atoms with van der Waals surface area (Å²) < 4.78 is -0.758. The molecule has 9 heteroatoms. The molecule has 2 bridgehead atoms. The lowest BCUT2D eigenvalue weighted by Crippen LogP contribution is -2.56. The molecule has 0 aliphatic carbocycles. The van der Waals surface area contributed by atoms with Crippen molar-refractivity contribution in [1.82, 2.24) is 15.5 Å². The Morgan fingerprint density at radius 1 is 1.11 bits per heavy atom. The SMILES string of the molecule is CC(C)NC(=O)C1N([C@H](CO)c2ccccc2)C(=O)[C@@H]2[C@@H](C(=O)NCc3ccccc3)[C@@H]3SC12CC3Br. The topological polar surface area (TPSA) is 98.7 Å². The summed E-state index contributed by atoms with van der Waals surface area (Å²) in [5.74, 6) is -1.86. The van der Waals surface area contributed by atoms with Gasteiger partial charge in [0.2, 0.25) is 17.7 Å². The Morgan fingerprint density at radius 3 is 2.38 bits per heavy atom. The minimum Gasteiger partial charge on any atom is -0.394 e. The van der Waals surface area contributed by atoms with Crippen LogP contribution < -0.4 is 10.6 Å². The molecule has 0 radical (unpaired) electrons. The van der Waals surface area contributed by atoms with Crippen LogP contribution >= 0.6 is 27.7 Å². The van der Waals surface area contributed by atoms with Crippen LogP contribution in [0.2, 0.25) is 0 Å². The van der Waals surface area contributed by atoms with Crippen molar-refractivity contribution in [2.24, 2.45) is 11.8 Å². The fourth-order valence-electron chi connectivity index (χ4n) is 6.30. The molecule has 37 heavy (non-hydrogen) atoms. The maximum atomic E-state index is 14.3. The fraction of sp³-hybridized carbons (Fsp3) is 0.464. The lowest BCUT2D eigenvalue weighted by atomic mass is 9.70. The highest BCUT2D eigenvalue weighted by Crippen LogP contribution is 2.68. The molecule has 5 rings (SSSR count). The Labute approximate surface area is 229 Å². The minimum atomic E-state index is -0.799. The smallest absolute Gasteiger partial charge is 0.244 e.